The zero-order valence-electron chi connectivity index (χ0n) is 15.2. The maximum atomic E-state index is 11.6. The van der Waals surface area contributed by atoms with E-state index in [1.807, 2.05) is 27.7 Å². The molecule has 0 spiro atoms. The molecule has 1 aromatic heterocycles. The highest BCUT2D eigenvalue weighted by Gasteiger charge is 2.05. The van der Waals surface area contributed by atoms with Crippen LogP contribution in [-0.4, -0.2) is 42.5 Å². The largest absolute Gasteiger partial charge is 0.357 e. The number of hydrogen-bond donors (Lipinski definition) is 3. The Labute approximate surface area is 166 Å². The van der Waals surface area contributed by atoms with Crippen molar-refractivity contribution in [2.24, 2.45) is 4.99 Å². The number of aliphatic imine (C=N–C) groups is 1. The summed E-state index contributed by atoms with van der Waals surface area (Å²) >= 11 is 1.73. The molecule has 1 rings (SSSR count). The van der Waals surface area contributed by atoms with Crippen LogP contribution in [0.4, 0.5) is 0 Å². The van der Waals surface area contributed by atoms with Crippen molar-refractivity contribution in [1.29, 1.82) is 0 Å². The number of aryl methyl sites for hydroxylation is 2. The molecule has 0 unspecified atom stereocenters. The van der Waals surface area contributed by atoms with Crippen LogP contribution in [0, 0.1) is 13.8 Å². The van der Waals surface area contributed by atoms with Gasteiger partial charge in [0.25, 0.3) is 0 Å². The molecule has 3 N–H and O–H groups in total. The van der Waals surface area contributed by atoms with Gasteiger partial charge in [0.2, 0.25) is 5.91 Å². The van der Waals surface area contributed by atoms with Gasteiger partial charge in [0.05, 0.1) is 10.7 Å². The van der Waals surface area contributed by atoms with Crippen molar-refractivity contribution in [1.82, 2.24) is 20.9 Å². The number of carbonyl (C=O) groups excluding carboxylic acids is 1. The zero-order valence-corrected chi connectivity index (χ0v) is 18.4. The molecule has 0 saturated carbocycles. The fourth-order valence-electron chi connectivity index (χ4n) is 1.94. The molecule has 0 aliphatic carbocycles. The van der Waals surface area contributed by atoms with E-state index in [1.165, 1.54) is 4.88 Å². The van der Waals surface area contributed by atoms with Gasteiger partial charge in [-0.1, -0.05) is 0 Å². The molecule has 0 aliphatic rings. The maximum Gasteiger partial charge on any atom is 0.221 e. The van der Waals surface area contributed by atoms with Crippen LogP contribution < -0.4 is 16.0 Å². The molecule has 138 valence electrons. The molecule has 0 saturated heterocycles. The molecule has 24 heavy (non-hydrogen) atoms. The highest BCUT2D eigenvalue weighted by atomic mass is 127. The average molecular weight is 467 g/mol. The summed E-state index contributed by atoms with van der Waals surface area (Å²) in [7, 11) is 0. The second kappa shape index (κ2) is 12.5. The second-order valence-electron chi connectivity index (χ2n) is 5.66. The Bertz CT molecular complexity index is 511. The van der Waals surface area contributed by atoms with Crippen LogP contribution in [0.3, 0.4) is 0 Å². The van der Waals surface area contributed by atoms with Gasteiger partial charge in [-0.25, -0.2) is 4.98 Å². The Hall–Kier alpha value is -0.900. The lowest BCUT2D eigenvalue weighted by Gasteiger charge is -2.12. The molecule has 0 aromatic carbocycles. The van der Waals surface area contributed by atoms with Crippen LogP contribution in [-0.2, 0) is 11.2 Å². The molecular weight excluding hydrogens is 437 g/mol. The van der Waals surface area contributed by atoms with Gasteiger partial charge in [-0.05, 0) is 34.6 Å². The van der Waals surface area contributed by atoms with E-state index >= 15 is 0 Å². The summed E-state index contributed by atoms with van der Waals surface area (Å²) < 4.78 is 0. The Kier molecular flexibility index (Phi) is 12.0. The summed E-state index contributed by atoms with van der Waals surface area (Å²) in [5, 5.41) is 10.4. The molecular formula is C16H30IN5OS. The van der Waals surface area contributed by atoms with Gasteiger partial charge in [0, 0.05) is 43.4 Å². The van der Waals surface area contributed by atoms with E-state index in [9.17, 15) is 4.79 Å². The highest BCUT2D eigenvalue weighted by Crippen LogP contribution is 2.16. The van der Waals surface area contributed by atoms with Crippen LogP contribution in [0.15, 0.2) is 4.99 Å². The first kappa shape index (κ1) is 23.1. The van der Waals surface area contributed by atoms with Crippen molar-refractivity contribution >= 4 is 47.2 Å². The lowest BCUT2D eigenvalue weighted by atomic mass is 10.3. The molecule has 0 bridgehead atoms. The Balaban J connectivity index is 0.00000529. The van der Waals surface area contributed by atoms with Crippen molar-refractivity contribution < 1.29 is 4.79 Å². The summed E-state index contributed by atoms with van der Waals surface area (Å²) in [5.74, 6) is 0.798. The van der Waals surface area contributed by atoms with Gasteiger partial charge in [-0.3, -0.25) is 9.79 Å². The third-order valence-electron chi connectivity index (χ3n) is 3.11. The van der Waals surface area contributed by atoms with Crippen molar-refractivity contribution in [2.75, 3.05) is 19.6 Å². The minimum absolute atomic E-state index is 0. The van der Waals surface area contributed by atoms with Gasteiger partial charge in [-0.15, -0.1) is 35.3 Å². The number of thiazole rings is 1. The first-order chi connectivity index (χ1) is 10.9. The first-order valence-corrected chi connectivity index (χ1v) is 8.98. The third-order valence-corrected chi connectivity index (χ3v) is 4.24. The fraction of sp³-hybridized carbons (Fsp3) is 0.688. The molecule has 1 aromatic rings. The number of amides is 1. The van der Waals surface area contributed by atoms with Gasteiger partial charge >= 0.3 is 0 Å². The monoisotopic (exact) mass is 467 g/mol. The molecule has 6 nitrogen and oxygen atoms in total. The Morgan fingerprint density at radius 2 is 2.00 bits per heavy atom. The Morgan fingerprint density at radius 1 is 1.29 bits per heavy atom. The number of halogens is 1. The lowest BCUT2D eigenvalue weighted by molar-refractivity contribution is -0.121. The number of hydrogen-bond acceptors (Lipinski definition) is 4. The van der Waals surface area contributed by atoms with E-state index < -0.39 is 0 Å². The van der Waals surface area contributed by atoms with E-state index in [4.69, 9.17) is 0 Å². The van der Waals surface area contributed by atoms with Crippen LogP contribution in [0.5, 0.6) is 0 Å². The maximum absolute atomic E-state index is 11.6. The predicted octanol–water partition coefficient (Wildman–Crippen LogP) is 2.39. The third kappa shape index (κ3) is 9.41. The summed E-state index contributed by atoms with van der Waals surface area (Å²) in [6, 6.07) is 0.176. The summed E-state index contributed by atoms with van der Waals surface area (Å²) in [5.41, 5.74) is 1.11. The fourth-order valence-corrected chi connectivity index (χ4v) is 2.86. The van der Waals surface area contributed by atoms with Crippen molar-refractivity contribution in [3.8, 4) is 0 Å². The lowest BCUT2D eigenvalue weighted by Crippen LogP contribution is -2.40. The van der Waals surface area contributed by atoms with Gasteiger partial charge in [0.1, 0.15) is 0 Å². The van der Waals surface area contributed by atoms with Crippen molar-refractivity contribution in [3.63, 3.8) is 0 Å². The molecule has 0 atom stereocenters. The van der Waals surface area contributed by atoms with E-state index in [-0.39, 0.29) is 35.9 Å². The molecule has 1 amide bonds. The van der Waals surface area contributed by atoms with Crippen LogP contribution in [0.25, 0.3) is 0 Å². The molecule has 8 heteroatoms. The first-order valence-electron chi connectivity index (χ1n) is 8.16. The van der Waals surface area contributed by atoms with E-state index in [0.29, 0.717) is 19.5 Å². The predicted molar refractivity (Wildman–Crippen MR) is 113 cm³/mol. The topological polar surface area (TPSA) is 78.4 Å². The number of nitrogens with one attached hydrogen (secondary N) is 3. The number of carbonyl (C=O) groups is 1. The van der Waals surface area contributed by atoms with Gasteiger partial charge in [0.15, 0.2) is 5.96 Å². The summed E-state index contributed by atoms with van der Waals surface area (Å²) in [4.78, 5) is 21.9. The molecule has 0 aliphatic heterocycles. The highest BCUT2D eigenvalue weighted by molar-refractivity contribution is 14.0. The van der Waals surface area contributed by atoms with E-state index in [0.717, 1.165) is 29.6 Å². The average Bonchev–Trinajstić information content (AvgIpc) is 2.76. The van der Waals surface area contributed by atoms with Gasteiger partial charge < -0.3 is 16.0 Å². The quantitative estimate of drug-likeness (QED) is 0.312. The molecule has 0 fully saturated rings. The van der Waals surface area contributed by atoms with E-state index in [2.05, 4.69) is 32.9 Å². The summed E-state index contributed by atoms with van der Waals surface area (Å²) in [6.07, 6.45) is 1.28. The standard InChI is InChI=1S/C16H29N5OS.HI/c1-6-17-16(18-9-7-14(22)20-11(2)3)19-10-8-15-21-12(4)13(5)23-15;/h11H,6-10H2,1-5H3,(H,20,22)(H2,17,18,19);1H. The second-order valence-corrected chi connectivity index (χ2v) is 6.95. The Morgan fingerprint density at radius 3 is 2.54 bits per heavy atom. The SMILES string of the molecule is CCNC(=NCCc1nc(C)c(C)s1)NCCC(=O)NC(C)C.I. The van der Waals surface area contributed by atoms with Crippen molar-refractivity contribution in [3.05, 3.63) is 15.6 Å². The number of rotatable bonds is 8. The van der Waals surface area contributed by atoms with E-state index in [1.54, 1.807) is 11.3 Å². The zero-order chi connectivity index (χ0) is 17.2. The number of guanidine groups is 1. The molecule has 0 radical (unpaired) electrons. The minimum Gasteiger partial charge on any atom is -0.357 e. The van der Waals surface area contributed by atoms with Crippen LogP contribution >= 0.6 is 35.3 Å². The normalized spacial score (nSPS) is 11.2. The van der Waals surface area contributed by atoms with Crippen molar-refractivity contribution in [2.45, 2.75) is 53.5 Å². The summed E-state index contributed by atoms with van der Waals surface area (Å²) in [6.45, 7) is 12.1. The molecule has 1 heterocycles. The van der Waals surface area contributed by atoms with Crippen LogP contribution in [0.1, 0.15) is 42.8 Å². The van der Waals surface area contributed by atoms with Crippen LogP contribution in [0.2, 0.25) is 0 Å². The van der Waals surface area contributed by atoms with Gasteiger partial charge in [-0.2, -0.15) is 0 Å². The smallest absolute Gasteiger partial charge is 0.221 e. The number of aromatic nitrogens is 1. The number of nitrogens with zero attached hydrogens (tertiary/aromatic N) is 2. The minimum atomic E-state index is 0.